The van der Waals surface area contributed by atoms with Crippen LogP contribution in [0.15, 0.2) is 53.1 Å². The van der Waals surface area contributed by atoms with E-state index in [0.29, 0.717) is 13.1 Å². The van der Waals surface area contributed by atoms with Gasteiger partial charge in [0.25, 0.3) is 0 Å². The molecule has 1 N–H and O–H groups in total. The van der Waals surface area contributed by atoms with E-state index in [2.05, 4.69) is 68.3 Å². The lowest BCUT2D eigenvalue weighted by molar-refractivity contribution is 0.0240. The summed E-state index contributed by atoms with van der Waals surface area (Å²) in [7, 11) is 0. The standard InChI is InChI=1S/C23H26BrN3O2/c1-23(2,3)29-22(28)27-12-10-26(11-13-27)18-7-4-16(5-8-18)17-6-9-21-19(14-17)20(24)15-25-21/h4-9,14-15,25H,10-13H2,1-3H3. The van der Waals surface area contributed by atoms with E-state index in [1.54, 1.807) is 4.90 Å². The van der Waals surface area contributed by atoms with Gasteiger partial charge in [0.15, 0.2) is 0 Å². The van der Waals surface area contributed by atoms with Crippen LogP contribution in [-0.2, 0) is 4.74 Å². The molecule has 6 heteroatoms. The van der Waals surface area contributed by atoms with Gasteiger partial charge in [0.2, 0.25) is 0 Å². The van der Waals surface area contributed by atoms with Gasteiger partial charge in [-0.25, -0.2) is 4.79 Å². The Bertz CT molecular complexity index is 1010. The van der Waals surface area contributed by atoms with Crippen LogP contribution in [0.1, 0.15) is 20.8 Å². The Labute approximate surface area is 179 Å². The van der Waals surface area contributed by atoms with Gasteiger partial charge in [-0.3, -0.25) is 0 Å². The Hall–Kier alpha value is -2.47. The van der Waals surface area contributed by atoms with Crippen molar-refractivity contribution in [3.63, 3.8) is 0 Å². The van der Waals surface area contributed by atoms with Crippen LogP contribution < -0.4 is 4.90 Å². The van der Waals surface area contributed by atoms with E-state index in [0.717, 1.165) is 23.1 Å². The van der Waals surface area contributed by atoms with Gasteiger partial charge in [0, 0.05) is 53.4 Å². The van der Waals surface area contributed by atoms with Crippen LogP contribution in [0.25, 0.3) is 22.0 Å². The van der Waals surface area contributed by atoms with Crippen molar-refractivity contribution in [1.29, 1.82) is 0 Å². The molecule has 0 bridgehead atoms. The predicted molar refractivity (Wildman–Crippen MR) is 121 cm³/mol. The summed E-state index contributed by atoms with van der Waals surface area (Å²) in [6.45, 7) is 8.66. The number of rotatable bonds is 2. The third-order valence-electron chi connectivity index (χ3n) is 5.13. The summed E-state index contributed by atoms with van der Waals surface area (Å²) in [5.41, 5.74) is 4.24. The Morgan fingerprint density at radius 3 is 2.31 bits per heavy atom. The lowest BCUT2D eigenvalue weighted by Gasteiger charge is -2.36. The summed E-state index contributed by atoms with van der Waals surface area (Å²) in [5.74, 6) is 0. The van der Waals surface area contributed by atoms with Gasteiger partial charge in [0.05, 0.1) is 0 Å². The highest BCUT2D eigenvalue weighted by molar-refractivity contribution is 9.10. The maximum Gasteiger partial charge on any atom is 0.410 e. The molecule has 5 nitrogen and oxygen atoms in total. The van der Waals surface area contributed by atoms with Crippen LogP contribution in [0.3, 0.4) is 0 Å². The van der Waals surface area contributed by atoms with Crippen molar-refractivity contribution >= 4 is 38.6 Å². The average molecular weight is 456 g/mol. The fourth-order valence-corrected chi connectivity index (χ4v) is 4.05. The number of halogens is 1. The second-order valence-electron chi connectivity index (χ2n) is 8.40. The molecule has 1 aliphatic heterocycles. The van der Waals surface area contributed by atoms with Gasteiger partial charge in [-0.05, 0) is 72.1 Å². The van der Waals surface area contributed by atoms with Crippen LogP contribution in [0.5, 0.6) is 0 Å². The lowest BCUT2D eigenvalue weighted by Crippen LogP contribution is -2.50. The summed E-state index contributed by atoms with van der Waals surface area (Å²) in [4.78, 5) is 19.6. The first-order valence-corrected chi connectivity index (χ1v) is 10.7. The third kappa shape index (κ3) is 4.42. The first kappa shape index (κ1) is 19.8. The van der Waals surface area contributed by atoms with E-state index < -0.39 is 5.60 Å². The summed E-state index contributed by atoms with van der Waals surface area (Å²) < 4.78 is 6.56. The third-order valence-corrected chi connectivity index (χ3v) is 5.78. The largest absolute Gasteiger partial charge is 0.444 e. The summed E-state index contributed by atoms with van der Waals surface area (Å²) in [5, 5.41) is 1.19. The van der Waals surface area contributed by atoms with Gasteiger partial charge in [-0.1, -0.05) is 18.2 Å². The molecule has 0 radical (unpaired) electrons. The number of piperazine rings is 1. The molecule has 1 amide bonds. The topological polar surface area (TPSA) is 48.6 Å². The molecule has 152 valence electrons. The molecule has 1 saturated heterocycles. The molecule has 3 aromatic rings. The monoisotopic (exact) mass is 455 g/mol. The zero-order valence-electron chi connectivity index (χ0n) is 17.0. The molecule has 1 aliphatic rings. The van der Waals surface area contributed by atoms with E-state index in [4.69, 9.17) is 4.74 Å². The lowest BCUT2D eigenvalue weighted by atomic mass is 10.0. The molecule has 0 atom stereocenters. The van der Waals surface area contributed by atoms with E-state index in [-0.39, 0.29) is 6.09 Å². The average Bonchev–Trinajstić information content (AvgIpc) is 3.07. The van der Waals surface area contributed by atoms with E-state index in [1.807, 2.05) is 27.0 Å². The number of H-pyrrole nitrogens is 1. The van der Waals surface area contributed by atoms with Crippen LogP contribution in [-0.4, -0.2) is 47.8 Å². The second kappa shape index (κ2) is 7.75. The van der Waals surface area contributed by atoms with Crippen LogP contribution >= 0.6 is 15.9 Å². The molecule has 0 saturated carbocycles. The SMILES string of the molecule is CC(C)(C)OC(=O)N1CCN(c2ccc(-c3ccc4[nH]cc(Br)c4c3)cc2)CC1. The van der Waals surface area contributed by atoms with Gasteiger partial charge in [-0.15, -0.1) is 0 Å². The zero-order valence-corrected chi connectivity index (χ0v) is 18.6. The molecule has 2 heterocycles. The van der Waals surface area contributed by atoms with Crippen LogP contribution in [0.4, 0.5) is 10.5 Å². The van der Waals surface area contributed by atoms with Crippen molar-refractivity contribution in [1.82, 2.24) is 9.88 Å². The number of nitrogens with zero attached hydrogens (tertiary/aromatic N) is 2. The highest BCUT2D eigenvalue weighted by atomic mass is 79.9. The Morgan fingerprint density at radius 1 is 1.00 bits per heavy atom. The molecule has 2 aromatic carbocycles. The molecule has 0 unspecified atom stereocenters. The van der Waals surface area contributed by atoms with Gasteiger partial charge >= 0.3 is 6.09 Å². The van der Waals surface area contributed by atoms with Crippen molar-refractivity contribution in [3.8, 4) is 11.1 Å². The van der Waals surface area contributed by atoms with E-state index in [9.17, 15) is 4.79 Å². The van der Waals surface area contributed by atoms with Crippen molar-refractivity contribution in [2.75, 3.05) is 31.1 Å². The van der Waals surface area contributed by atoms with Crippen LogP contribution in [0, 0.1) is 0 Å². The Balaban J connectivity index is 1.42. The first-order chi connectivity index (χ1) is 13.8. The van der Waals surface area contributed by atoms with Crippen molar-refractivity contribution in [2.24, 2.45) is 0 Å². The first-order valence-electron chi connectivity index (χ1n) is 9.90. The number of nitrogens with one attached hydrogen (secondary N) is 1. The number of benzene rings is 2. The highest BCUT2D eigenvalue weighted by Crippen LogP contribution is 2.30. The summed E-state index contributed by atoms with van der Waals surface area (Å²) in [6, 6.07) is 15.1. The maximum absolute atomic E-state index is 12.2. The van der Waals surface area contributed by atoms with E-state index >= 15 is 0 Å². The number of hydrogen-bond donors (Lipinski definition) is 1. The quantitative estimate of drug-likeness (QED) is 0.542. The number of hydrogen-bond acceptors (Lipinski definition) is 3. The number of carbonyl (C=O) groups excluding carboxylic acids is 1. The molecule has 0 spiro atoms. The normalized spacial score (nSPS) is 15.0. The molecule has 4 rings (SSSR count). The number of fused-ring (bicyclic) bond motifs is 1. The van der Waals surface area contributed by atoms with Crippen LogP contribution in [0.2, 0.25) is 0 Å². The number of anilines is 1. The summed E-state index contributed by atoms with van der Waals surface area (Å²) in [6.07, 6.45) is 1.74. The minimum Gasteiger partial charge on any atom is -0.444 e. The molecule has 1 aromatic heterocycles. The number of aromatic nitrogens is 1. The highest BCUT2D eigenvalue weighted by Gasteiger charge is 2.25. The molecule has 29 heavy (non-hydrogen) atoms. The molecular formula is C23H26BrN3O2. The minimum atomic E-state index is -0.455. The van der Waals surface area contributed by atoms with Gasteiger partial charge in [-0.2, -0.15) is 0 Å². The maximum atomic E-state index is 12.2. The predicted octanol–water partition coefficient (Wildman–Crippen LogP) is 5.65. The molecule has 0 aliphatic carbocycles. The van der Waals surface area contributed by atoms with Crippen molar-refractivity contribution < 1.29 is 9.53 Å². The number of ether oxygens (including phenoxy) is 1. The number of aromatic amines is 1. The van der Waals surface area contributed by atoms with Gasteiger partial charge in [0.1, 0.15) is 5.60 Å². The Kier molecular flexibility index (Phi) is 5.30. The Morgan fingerprint density at radius 2 is 1.66 bits per heavy atom. The van der Waals surface area contributed by atoms with Crippen molar-refractivity contribution in [3.05, 3.63) is 53.1 Å². The fourth-order valence-electron chi connectivity index (χ4n) is 3.60. The fraction of sp³-hybridized carbons (Fsp3) is 0.348. The smallest absolute Gasteiger partial charge is 0.410 e. The number of carbonyl (C=O) groups is 1. The van der Waals surface area contributed by atoms with E-state index in [1.165, 1.54) is 22.2 Å². The molecular weight excluding hydrogens is 430 g/mol. The minimum absolute atomic E-state index is 0.223. The number of amides is 1. The van der Waals surface area contributed by atoms with Gasteiger partial charge < -0.3 is 19.5 Å². The summed E-state index contributed by atoms with van der Waals surface area (Å²) >= 11 is 3.59. The zero-order chi connectivity index (χ0) is 20.6. The second-order valence-corrected chi connectivity index (χ2v) is 9.25. The van der Waals surface area contributed by atoms with Crippen molar-refractivity contribution in [2.45, 2.75) is 26.4 Å². The molecule has 1 fully saturated rings.